The maximum Gasteiger partial charge on any atom is 0.261 e. The van der Waals surface area contributed by atoms with Crippen LogP contribution in [-0.2, 0) is 11.3 Å². The molecule has 0 saturated carbocycles. The molecule has 0 bridgehead atoms. The van der Waals surface area contributed by atoms with E-state index in [0.717, 1.165) is 43.1 Å². The Hall–Kier alpha value is -2.34. The van der Waals surface area contributed by atoms with E-state index in [0.29, 0.717) is 0 Å². The summed E-state index contributed by atoms with van der Waals surface area (Å²) in [5, 5.41) is 7.49. The molecule has 1 aromatic carbocycles. The van der Waals surface area contributed by atoms with Crippen LogP contribution in [0.15, 0.2) is 36.4 Å². The summed E-state index contributed by atoms with van der Waals surface area (Å²) >= 11 is 0. The first kappa shape index (κ1) is 16.5. The number of aromatic amines is 1. The van der Waals surface area contributed by atoms with Gasteiger partial charge in [-0.25, -0.2) is 0 Å². The molecule has 1 atom stereocenters. The molecule has 1 saturated heterocycles. The van der Waals surface area contributed by atoms with Crippen molar-refractivity contribution in [2.24, 2.45) is 0 Å². The number of para-hydroxylation sites is 1. The summed E-state index contributed by atoms with van der Waals surface area (Å²) in [5.41, 5.74) is 2.01. The minimum absolute atomic E-state index is 0.0125. The van der Waals surface area contributed by atoms with Crippen LogP contribution in [0.3, 0.4) is 0 Å². The first-order chi connectivity index (χ1) is 11.6. The number of aromatic nitrogens is 2. The highest BCUT2D eigenvalue weighted by atomic mass is 16.5. The third kappa shape index (κ3) is 3.94. The maximum atomic E-state index is 12.5. The molecule has 3 rings (SSSR count). The van der Waals surface area contributed by atoms with Gasteiger partial charge in [0.15, 0.2) is 6.61 Å². The summed E-state index contributed by atoms with van der Waals surface area (Å²) in [7, 11) is 4.04. The van der Waals surface area contributed by atoms with Crippen molar-refractivity contribution in [3.63, 3.8) is 0 Å². The van der Waals surface area contributed by atoms with Crippen LogP contribution in [0.1, 0.15) is 30.3 Å². The zero-order chi connectivity index (χ0) is 16.9. The summed E-state index contributed by atoms with van der Waals surface area (Å²) in [6, 6.07) is 11.5. The van der Waals surface area contributed by atoms with Crippen LogP contribution in [0.25, 0.3) is 0 Å². The number of ether oxygens (including phenoxy) is 1. The van der Waals surface area contributed by atoms with E-state index in [1.807, 2.05) is 49.3 Å². The molecule has 0 radical (unpaired) electrons. The van der Waals surface area contributed by atoms with Gasteiger partial charge in [0.05, 0.1) is 11.7 Å². The molecule has 1 aliphatic rings. The van der Waals surface area contributed by atoms with E-state index in [2.05, 4.69) is 21.2 Å². The topological polar surface area (TPSA) is 61.5 Å². The predicted molar refractivity (Wildman–Crippen MR) is 91.6 cm³/mol. The lowest BCUT2D eigenvalue weighted by Crippen LogP contribution is -2.34. The molecule has 0 spiro atoms. The van der Waals surface area contributed by atoms with Crippen LogP contribution >= 0.6 is 0 Å². The third-order valence-corrected chi connectivity index (χ3v) is 4.16. The number of hydrogen-bond acceptors (Lipinski definition) is 4. The molecule has 6 heteroatoms. The fraction of sp³-hybridized carbons (Fsp3) is 0.444. The Kier molecular flexibility index (Phi) is 5.15. The second-order valence-electron chi connectivity index (χ2n) is 6.40. The molecule has 1 amide bonds. The molecular formula is C18H24N4O2. The van der Waals surface area contributed by atoms with Crippen molar-refractivity contribution >= 4 is 5.91 Å². The third-order valence-electron chi connectivity index (χ3n) is 4.16. The standard InChI is InChI=1S/C18H24N4O2/c1-21(2)12-14-11-16(20-19-14)17-9-6-10-22(17)18(23)13-24-15-7-4-3-5-8-15/h3-5,7-8,11,17H,6,9-10,12-13H2,1-2H3,(H,19,20)/t17-/m0/s1. The highest BCUT2D eigenvalue weighted by Crippen LogP contribution is 2.31. The number of benzene rings is 1. The van der Waals surface area contributed by atoms with Gasteiger partial charge >= 0.3 is 0 Å². The predicted octanol–water partition coefficient (Wildman–Crippen LogP) is 2.21. The van der Waals surface area contributed by atoms with Crippen LogP contribution in [0.4, 0.5) is 0 Å². The number of rotatable bonds is 6. The number of carbonyl (C=O) groups is 1. The van der Waals surface area contributed by atoms with E-state index in [9.17, 15) is 4.79 Å². The fourth-order valence-corrected chi connectivity index (χ4v) is 3.09. The van der Waals surface area contributed by atoms with Crippen molar-refractivity contribution in [2.45, 2.75) is 25.4 Å². The monoisotopic (exact) mass is 328 g/mol. The lowest BCUT2D eigenvalue weighted by atomic mass is 10.1. The van der Waals surface area contributed by atoms with Crippen LogP contribution < -0.4 is 4.74 Å². The second kappa shape index (κ2) is 7.49. The van der Waals surface area contributed by atoms with Gasteiger partial charge in [0.2, 0.25) is 0 Å². The van der Waals surface area contributed by atoms with Gasteiger partial charge in [-0.1, -0.05) is 18.2 Å². The van der Waals surface area contributed by atoms with Gasteiger partial charge in [0, 0.05) is 18.8 Å². The van der Waals surface area contributed by atoms with Crippen molar-refractivity contribution < 1.29 is 9.53 Å². The first-order valence-corrected chi connectivity index (χ1v) is 8.29. The molecule has 2 heterocycles. The van der Waals surface area contributed by atoms with E-state index in [-0.39, 0.29) is 18.6 Å². The minimum Gasteiger partial charge on any atom is -0.484 e. The maximum absolute atomic E-state index is 12.5. The molecular weight excluding hydrogens is 304 g/mol. The molecule has 2 aromatic rings. The van der Waals surface area contributed by atoms with E-state index in [4.69, 9.17) is 4.74 Å². The molecule has 1 aromatic heterocycles. The van der Waals surface area contributed by atoms with Crippen molar-refractivity contribution in [2.75, 3.05) is 27.2 Å². The summed E-state index contributed by atoms with van der Waals surface area (Å²) in [6.07, 6.45) is 1.95. The summed E-state index contributed by atoms with van der Waals surface area (Å²) in [5.74, 6) is 0.730. The Bertz CT molecular complexity index is 669. The van der Waals surface area contributed by atoms with Gasteiger partial charge in [-0.3, -0.25) is 9.89 Å². The van der Waals surface area contributed by atoms with Crippen LogP contribution in [0.2, 0.25) is 0 Å². The van der Waals surface area contributed by atoms with E-state index in [1.54, 1.807) is 0 Å². The Labute approximate surface area is 142 Å². The van der Waals surface area contributed by atoms with Gasteiger partial charge in [0.1, 0.15) is 5.75 Å². The van der Waals surface area contributed by atoms with E-state index in [1.165, 1.54) is 0 Å². The van der Waals surface area contributed by atoms with Crippen molar-refractivity contribution in [3.8, 4) is 5.75 Å². The SMILES string of the molecule is CN(C)Cc1cc([C@@H]2CCCN2C(=O)COc2ccccc2)n[nH]1. The second-order valence-corrected chi connectivity index (χ2v) is 6.40. The quantitative estimate of drug-likeness (QED) is 0.883. The molecule has 0 aliphatic carbocycles. The van der Waals surface area contributed by atoms with Crippen molar-refractivity contribution in [1.82, 2.24) is 20.0 Å². The highest BCUT2D eigenvalue weighted by molar-refractivity contribution is 5.78. The van der Waals surface area contributed by atoms with Crippen molar-refractivity contribution in [1.29, 1.82) is 0 Å². The smallest absolute Gasteiger partial charge is 0.261 e. The average Bonchev–Trinajstić information content (AvgIpc) is 3.22. The van der Waals surface area contributed by atoms with Crippen molar-refractivity contribution in [3.05, 3.63) is 47.8 Å². The summed E-state index contributed by atoms with van der Waals surface area (Å²) in [6.45, 7) is 1.64. The summed E-state index contributed by atoms with van der Waals surface area (Å²) in [4.78, 5) is 16.5. The molecule has 128 valence electrons. The number of nitrogens with zero attached hydrogens (tertiary/aromatic N) is 3. The van der Waals surface area contributed by atoms with Gasteiger partial charge in [0.25, 0.3) is 5.91 Å². The Morgan fingerprint density at radius 2 is 2.17 bits per heavy atom. The highest BCUT2D eigenvalue weighted by Gasteiger charge is 2.31. The summed E-state index contributed by atoms with van der Waals surface area (Å²) < 4.78 is 5.60. The average molecular weight is 328 g/mol. The molecule has 24 heavy (non-hydrogen) atoms. The normalized spacial score (nSPS) is 17.5. The van der Waals surface area contributed by atoms with Crippen LogP contribution in [0, 0.1) is 0 Å². The number of amides is 1. The number of nitrogens with one attached hydrogen (secondary N) is 1. The molecule has 1 aliphatic heterocycles. The van der Waals surface area contributed by atoms with Gasteiger partial charge in [-0.15, -0.1) is 0 Å². The zero-order valence-corrected chi connectivity index (χ0v) is 14.2. The zero-order valence-electron chi connectivity index (χ0n) is 14.2. The molecule has 0 unspecified atom stereocenters. The number of likely N-dealkylation sites (tertiary alicyclic amines) is 1. The van der Waals surface area contributed by atoms with Crippen LogP contribution in [-0.4, -0.2) is 53.2 Å². The first-order valence-electron chi connectivity index (χ1n) is 8.29. The lowest BCUT2D eigenvalue weighted by molar-refractivity contribution is -0.134. The van der Waals surface area contributed by atoms with Gasteiger partial charge in [-0.2, -0.15) is 5.10 Å². The molecule has 6 nitrogen and oxygen atoms in total. The van der Waals surface area contributed by atoms with Gasteiger partial charge < -0.3 is 14.5 Å². The van der Waals surface area contributed by atoms with E-state index >= 15 is 0 Å². The minimum atomic E-state index is 0.0125. The Morgan fingerprint density at radius 3 is 2.92 bits per heavy atom. The Balaban J connectivity index is 1.62. The Morgan fingerprint density at radius 1 is 1.38 bits per heavy atom. The molecule has 1 N–H and O–H groups in total. The fourth-order valence-electron chi connectivity index (χ4n) is 3.09. The molecule has 1 fully saturated rings. The van der Waals surface area contributed by atoms with E-state index < -0.39 is 0 Å². The lowest BCUT2D eigenvalue weighted by Gasteiger charge is -2.23. The van der Waals surface area contributed by atoms with Gasteiger partial charge in [-0.05, 0) is 45.1 Å². The number of hydrogen-bond donors (Lipinski definition) is 1. The number of carbonyl (C=O) groups excluding carboxylic acids is 1. The largest absolute Gasteiger partial charge is 0.484 e. The van der Waals surface area contributed by atoms with Crippen LogP contribution in [0.5, 0.6) is 5.75 Å². The number of H-pyrrole nitrogens is 1.